The molecule has 0 amide bonds. The van der Waals surface area contributed by atoms with Crippen LogP contribution in [0.4, 0.5) is 11.4 Å². The summed E-state index contributed by atoms with van der Waals surface area (Å²) >= 11 is 6.11. The number of hydrogen-bond donors (Lipinski definition) is 1. The molecule has 0 spiro atoms. The van der Waals surface area contributed by atoms with Gasteiger partial charge in [0.25, 0.3) is 5.56 Å². The average Bonchev–Trinajstić information content (AvgIpc) is 3.13. The van der Waals surface area contributed by atoms with E-state index in [0.29, 0.717) is 24.2 Å². The lowest BCUT2D eigenvalue weighted by Gasteiger charge is -2.35. The molecule has 1 unspecified atom stereocenters. The second kappa shape index (κ2) is 7.74. The summed E-state index contributed by atoms with van der Waals surface area (Å²) in [7, 11) is 0. The highest BCUT2D eigenvalue weighted by molar-refractivity contribution is 6.33. The van der Waals surface area contributed by atoms with Gasteiger partial charge in [0.2, 0.25) is 5.88 Å². The van der Waals surface area contributed by atoms with Crippen LogP contribution in [0.15, 0.2) is 29.3 Å². The smallest absolute Gasteiger partial charge is 0.285 e. The molecule has 27 heavy (non-hydrogen) atoms. The van der Waals surface area contributed by atoms with Crippen LogP contribution in [0.3, 0.4) is 0 Å². The summed E-state index contributed by atoms with van der Waals surface area (Å²) in [6.07, 6.45) is 4.15. The van der Waals surface area contributed by atoms with Crippen molar-refractivity contribution in [3.63, 3.8) is 0 Å². The first-order valence-corrected chi connectivity index (χ1v) is 9.45. The molecule has 0 aliphatic carbocycles. The number of aromatic nitrogens is 3. The van der Waals surface area contributed by atoms with E-state index in [-0.39, 0.29) is 16.7 Å². The Bertz CT molecular complexity index is 861. The van der Waals surface area contributed by atoms with E-state index in [9.17, 15) is 4.79 Å². The van der Waals surface area contributed by atoms with Crippen LogP contribution in [0.25, 0.3) is 0 Å². The Morgan fingerprint density at radius 1 is 1.41 bits per heavy atom. The van der Waals surface area contributed by atoms with Gasteiger partial charge in [0, 0.05) is 43.5 Å². The van der Waals surface area contributed by atoms with E-state index >= 15 is 0 Å². The molecule has 2 fully saturated rings. The summed E-state index contributed by atoms with van der Waals surface area (Å²) in [5, 5.41) is 6.33. The number of rotatable bonds is 4. The molecule has 9 heteroatoms. The molecular formula is C18H22ClN5O3. The molecule has 0 saturated carbocycles. The van der Waals surface area contributed by atoms with Gasteiger partial charge in [-0.1, -0.05) is 11.6 Å². The van der Waals surface area contributed by atoms with Crippen LogP contribution in [0.1, 0.15) is 13.3 Å². The average molecular weight is 392 g/mol. The number of nitrogens with zero attached hydrogens (tertiary/aromatic N) is 4. The zero-order valence-corrected chi connectivity index (χ0v) is 15.9. The van der Waals surface area contributed by atoms with Crippen LogP contribution < -0.4 is 20.1 Å². The quantitative estimate of drug-likeness (QED) is 0.849. The molecule has 0 radical (unpaired) electrons. The third-order valence-electron chi connectivity index (χ3n) is 4.97. The normalized spacial score (nSPS) is 22.9. The van der Waals surface area contributed by atoms with Crippen LogP contribution in [0.5, 0.6) is 5.88 Å². The molecule has 2 aromatic rings. The summed E-state index contributed by atoms with van der Waals surface area (Å²) in [4.78, 5) is 20.3. The topological polar surface area (TPSA) is 83.6 Å². The molecule has 8 nitrogen and oxygen atoms in total. The predicted molar refractivity (Wildman–Crippen MR) is 103 cm³/mol. The number of H-pyrrole nitrogens is 1. The van der Waals surface area contributed by atoms with Crippen molar-refractivity contribution in [3.8, 4) is 5.88 Å². The van der Waals surface area contributed by atoms with Gasteiger partial charge in [-0.05, 0) is 13.0 Å². The van der Waals surface area contributed by atoms with E-state index in [1.165, 1.54) is 0 Å². The lowest BCUT2D eigenvalue weighted by Crippen LogP contribution is -2.43. The molecular weight excluding hydrogens is 370 g/mol. The fourth-order valence-electron chi connectivity index (χ4n) is 3.56. The lowest BCUT2D eigenvalue weighted by atomic mass is 10.2. The van der Waals surface area contributed by atoms with Gasteiger partial charge in [0.05, 0.1) is 31.6 Å². The molecule has 144 valence electrons. The number of pyridine rings is 1. The Kier molecular flexibility index (Phi) is 5.18. The minimum absolute atomic E-state index is 0.0229. The molecule has 0 bridgehead atoms. The highest BCUT2D eigenvalue weighted by atomic mass is 35.5. The van der Waals surface area contributed by atoms with Gasteiger partial charge in [-0.25, -0.2) is 10.1 Å². The van der Waals surface area contributed by atoms with Gasteiger partial charge in [0.15, 0.2) is 0 Å². The summed E-state index contributed by atoms with van der Waals surface area (Å²) < 4.78 is 11.6. The van der Waals surface area contributed by atoms with Crippen molar-refractivity contribution in [3.05, 3.63) is 39.9 Å². The van der Waals surface area contributed by atoms with Gasteiger partial charge in [-0.3, -0.25) is 4.79 Å². The molecule has 2 aliphatic heterocycles. The number of morpholine rings is 1. The monoisotopic (exact) mass is 391 g/mol. The second-order valence-electron chi connectivity index (χ2n) is 6.84. The molecule has 1 N–H and O–H groups in total. The van der Waals surface area contributed by atoms with Crippen LogP contribution in [0, 0.1) is 0 Å². The molecule has 2 atom stereocenters. The van der Waals surface area contributed by atoms with Gasteiger partial charge in [-0.2, -0.15) is 5.10 Å². The van der Waals surface area contributed by atoms with E-state index in [1.54, 1.807) is 12.4 Å². The molecule has 0 aromatic carbocycles. The zero-order chi connectivity index (χ0) is 18.8. The number of anilines is 2. The minimum Gasteiger partial charge on any atom is -0.472 e. The fraction of sp³-hybridized carbons (Fsp3) is 0.500. The Labute approximate surface area is 162 Å². The fourth-order valence-corrected chi connectivity index (χ4v) is 3.77. The highest BCUT2D eigenvalue weighted by Gasteiger charge is 2.27. The molecule has 2 aliphatic rings. The van der Waals surface area contributed by atoms with Gasteiger partial charge < -0.3 is 19.3 Å². The second-order valence-corrected chi connectivity index (χ2v) is 7.22. The van der Waals surface area contributed by atoms with E-state index in [0.717, 1.165) is 38.4 Å². The standard InChI is InChI=1S/C18H22ClN5O3/c1-12-11-26-7-6-24(12)13-2-4-20-16(8-13)27-14-3-5-23(10-14)15-9-21-22-18(25)17(15)19/h2,4,8-9,12,14H,3,5-7,10-11H2,1H3,(H,22,25)/t12?,14-/m1/s1. The van der Waals surface area contributed by atoms with Crippen molar-refractivity contribution in [1.82, 2.24) is 15.2 Å². The zero-order valence-electron chi connectivity index (χ0n) is 15.1. The van der Waals surface area contributed by atoms with Crippen molar-refractivity contribution >= 4 is 23.0 Å². The minimum atomic E-state index is -0.382. The van der Waals surface area contributed by atoms with Crippen LogP contribution in [0.2, 0.25) is 5.02 Å². The van der Waals surface area contributed by atoms with Crippen LogP contribution in [-0.2, 0) is 4.74 Å². The maximum atomic E-state index is 11.7. The number of ether oxygens (including phenoxy) is 2. The first-order valence-electron chi connectivity index (χ1n) is 9.07. The third-order valence-corrected chi connectivity index (χ3v) is 5.33. The number of aromatic amines is 1. The van der Waals surface area contributed by atoms with Crippen molar-refractivity contribution in [1.29, 1.82) is 0 Å². The summed E-state index contributed by atoms with van der Waals surface area (Å²) in [5.74, 6) is 0.605. The number of nitrogens with one attached hydrogen (secondary N) is 1. The lowest BCUT2D eigenvalue weighted by molar-refractivity contribution is 0.0989. The van der Waals surface area contributed by atoms with Gasteiger partial charge >= 0.3 is 0 Å². The molecule has 2 aromatic heterocycles. The van der Waals surface area contributed by atoms with E-state index in [2.05, 4.69) is 27.0 Å². The Morgan fingerprint density at radius 2 is 2.30 bits per heavy atom. The Morgan fingerprint density at radius 3 is 3.15 bits per heavy atom. The highest BCUT2D eigenvalue weighted by Crippen LogP contribution is 2.28. The van der Waals surface area contributed by atoms with Gasteiger partial charge in [0.1, 0.15) is 11.1 Å². The predicted octanol–water partition coefficient (Wildman–Crippen LogP) is 1.70. The van der Waals surface area contributed by atoms with Crippen LogP contribution >= 0.6 is 11.6 Å². The summed E-state index contributed by atoms with van der Waals surface area (Å²) in [6, 6.07) is 4.30. The molecule has 2 saturated heterocycles. The SMILES string of the molecule is CC1COCCN1c1ccnc(O[C@@H]2CCN(c3cn[nH]c(=O)c3Cl)C2)c1. The molecule has 4 rings (SSSR count). The van der Waals surface area contributed by atoms with E-state index < -0.39 is 0 Å². The third kappa shape index (κ3) is 3.86. The first-order chi connectivity index (χ1) is 13.1. The largest absolute Gasteiger partial charge is 0.472 e. The number of halogens is 1. The first kappa shape index (κ1) is 18.1. The summed E-state index contributed by atoms with van der Waals surface area (Å²) in [5.41, 5.74) is 1.34. The maximum absolute atomic E-state index is 11.7. The van der Waals surface area contributed by atoms with Gasteiger partial charge in [-0.15, -0.1) is 0 Å². The van der Waals surface area contributed by atoms with Crippen LogP contribution in [-0.4, -0.2) is 60.2 Å². The van der Waals surface area contributed by atoms with E-state index in [4.69, 9.17) is 21.1 Å². The van der Waals surface area contributed by atoms with Crippen molar-refractivity contribution in [2.24, 2.45) is 0 Å². The van der Waals surface area contributed by atoms with E-state index in [1.807, 2.05) is 17.0 Å². The number of hydrogen-bond acceptors (Lipinski definition) is 7. The van der Waals surface area contributed by atoms with Crippen molar-refractivity contribution in [2.75, 3.05) is 42.6 Å². The summed E-state index contributed by atoms with van der Waals surface area (Å²) in [6.45, 7) is 5.83. The Balaban J connectivity index is 1.44. The van der Waals surface area contributed by atoms with Crippen molar-refractivity contribution < 1.29 is 9.47 Å². The van der Waals surface area contributed by atoms with Crippen molar-refractivity contribution in [2.45, 2.75) is 25.5 Å². The Hall–Kier alpha value is -2.32. The maximum Gasteiger partial charge on any atom is 0.285 e. The molecule has 4 heterocycles.